The molecule has 0 fully saturated rings. The first-order valence-electron chi connectivity index (χ1n) is 3.74. The van der Waals surface area contributed by atoms with Gasteiger partial charge in [-0.1, -0.05) is 22.0 Å². The predicted octanol–water partition coefficient (Wildman–Crippen LogP) is 2.79. The number of nitro groups is 1. The number of aliphatic hydroxyl groups is 1. The first-order valence-corrected chi connectivity index (χ1v) is 5.65. The minimum atomic E-state index is -0.721. The molecule has 0 spiro atoms. The van der Waals surface area contributed by atoms with Gasteiger partial charge in [0.25, 0.3) is 5.69 Å². The molecule has 0 amide bonds. The smallest absolute Gasteiger partial charge is 0.283 e. The van der Waals surface area contributed by atoms with E-state index in [2.05, 4.69) is 31.9 Å². The number of benzene rings is 1. The molecule has 0 aromatic heterocycles. The summed E-state index contributed by atoms with van der Waals surface area (Å²) in [5.74, 6) is 0. The van der Waals surface area contributed by atoms with Crippen LogP contribution in [0.15, 0.2) is 22.7 Å². The molecule has 0 heterocycles. The highest BCUT2D eigenvalue weighted by Gasteiger charge is 2.15. The largest absolute Gasteiger partial charge is 0.388 e. The Morgan fingerprint density at radius 3 is 2.71 bits per heavy atom. The molecule has 4 nitrogen and oxygen atoms in total. The van der Waals surface area contributed by atoms with Gasteiger partial charge in [0, 0.05) is 11.4 Å². The summed E-state index contributed by atoms with van der Waals surface area (Å²) >= 11 is 6.17. The van der Waals surface area contributed by atoms with Gasteiger partial charge in [-0.25, -0.2) is 0 Å². The fourth-order valence-electron chi connectivity index (χ4n) is 0.966. The zero-order valence-corrected chi connectivity index (χ0v) is 10.2. The van der Waals surface area contributed by atoms with Crippen LogP contribution in [0.5, 0.6) is 0 Å². The summed E-state index contributed by atoms with van der Waals surface area (Å²) in [4.78, 5) is 10.1. The monoisotopic (exact) mass is 323 g/mol. The van der Waals surface area contributed by atoms with Gasteiger partial charge in [0.1, 0.15) is 0 Å². The van der Waals surface area contributed by atoms with Crippen molar-refractivity contribution in [2.45, 2.75) is 6.10 Å². The maximum atomic E-state index is 10.6. The normalized spacial score (nSPS) is 12.5. The van der Waals surface area contributed by atoms with Crippen molar-refractivity contribution in [2.75, 3.05) is 5.33 Å². The molecular weight excluding hydrogens is 318 g/mol. The van der Waals surface area contributed by atoms with Gasteiger partial charge in [0.05, 0.1) is 15.5 Å². The van der Waals surface area contributed by atoms with Crippen LogP contribution in [0.3, 0.4) is 0 Å². The molecule has 14 heavy (non-hydrogen) atoms. The van der Waals surface area contributed by atoms with Crippen LogP contribution in [0.4, 0.5) is 5.69 Å². The molecule has 1 aromatic carbocycles. The summed E-state index contributed by atoms with van der Waals surface area (Å²) in [7, 11) is 0. The Labute approximate surface area is 97.3 Å². The fourth-order valence-corrected chi connectivity index (χ4v) is 1.73. The molecule has 0 bridgehead atoms. The van der Waals surface area contributed by atoms with Crippen molar-refractivity contribution in [3.63, 3.8) is 0 Å². The molecule has 76 valence electrons. The van der Waals surface area contributed by atoms with E-state index in [9.17, 15) is 15.2 Å². The Morgan fingerprint density at radius 2 is 2.21 bits per heavy atom. The molecule has 0 aliphatic carbocycles. The summed E-state index contributed by atoms with van der Waals surface area (Å²) in [5.41, 5.74) is 0.485. The van der Waals surface area contributed by atoms with Crippen LogP contribution < -0.4 is 0 Å². The molecular formula is C8H7Br2NO3. The number of hydrogen-bond acceptors (Lipinski definition) is 3. The van der Waals surface area contributed by atoms with E-state index in [0.29, 0.717) is 15.4 Å². The lowest BCUT2D eigenvalue weighted by atomic mass is 10.1. The van der Waals surface area contributed by atoms with Gasteiger partial charge < -0.3 is 5.11 Å². The Bertz CT molecular complexity index is 356. The zero-order chi connectivity index (χ0) is 10.7. The van der Waals surface area contributed by atoms with Crippen molar-refractivity contribution in [3.05, 3.63) is 38.3 Å². The predicted molar refractivity (Wildman–Crippen MR) is 59.6 cm³/mol. The van der Waals surface area contributed by atoms with Crippen LogP contribution in [0.25, 0.3) is 0 Å². The van der Waals surface area contributed by atoms with Crippen molar-refractivity contribution < 1.29 is 10.0 Å². The number of aliphatic hydroxyl groups excluding tert-OH is 1. The van der Waals surface area contributed by atoms with Gasteiger partial charge in [-0.2, -0.15) is 0 Å². The average molecular weight is 325 g/mol. The number of nitrogens with zero attached hydrogens (tertiary/aromatic N) is 1. The minimum absolute atomic E-state index is 0.0394. The van der Waals surface area contributed by atoms with E-state index in [4.69, 9.17) is 0 Å². The van der Waals surface area contributed by atoms with E-state index in [-0.39, 0.29) is 5.69 Å². The second-order valence-corrected chi connectivity index (χ2v) is 4.14. The first-order chi connectivity index (χ1) is 6.56. The second-order valence-electron chi connectivity index (χ2n) is 2.64. The van der Waals surface area contributed by atoms with E-state index in [1.54, 1.807) is 12.1 Å². The van der Waals surface area contributed by atoms with E-state index < -0.39 is 11.0 Å². The van der Waals surface area contributed by atoms with Crippen molar-refractivity contribution in [3.8, 4) is 0 Å². The summed E-state index contributed by atoms with van der Waals surface area (Å²) in [6.07, 6.45) is -0.721. The molecule has 0 saturated carbocycles. The third-order valence-electron chi connectivity index (χ3n) is 1.70. The van der Waals surface area contributed by atoms with Gasteiger partial charge in [0.2, 0.25) is 0 Å². The molecule has 1 rings (SSSR count). The Balaban J connectivity index is 3.12. The van der Waals surface area contributed by atoms with Crippen LogP contribution >= 0.6 is 31.9 Å². The van der Waals surface area contributed by atoms with Crippen molar-refractivity contribution in [2.24, 2.45) is 0 Å². The van der Waals surface area contributed by atoms with Crippen LogP contribution in [0.2, 0.25) is 0 Å². The SMILES string of the molecule is O=[N+]([O-])c1cc(C(O)CBr)ccc1Br. The summed E-state index contributed by atoms with van der Waals surface area (Å²) in [5, 5.41) is 20.4. The van der Waals surface area contributed by atoms with Crippen LogP contribution in [-0.4, -0.2) is 15.4 Å². The number of rotatable bonds is 3. The fraction of sp³-hybridized carbons (Fsp3) is 0.250. The highest BCUT2D eigenvalue weighted by Crippen LogP contribution is 2.28. The van der Waals surface area contributed by atoms with Gasteiger partial charge in [-0.3, -0.25) is 10.1 Å². The van der Waals surface area contributed by atoms with Gasteiger partial charge in [-0.05, 0) is 27.6 Å². The quantitative estimate of drug-likeness (QED) is 0.528. The van der Waals surface area contributed by atoms with Crippen LogP contribution in [0.1, 0.15) is 11.7 Å². The van der Waals surface area contributed by atoms with Crippen LogP contribution in [-0.2, 0) is 0 Å². The van der Waals surface area contributed by atoms with Gasteiger partial charge in [-0.15, -0.1) is 0 Å². The lowest BCUT2D eigenvalue weighted by Crippen LogP contribution is -1.99. The summed E-state index contributed by atoms with van der Waals surface area (Å²) in [6, 6.07) is 4.55. The molecule has 1 aromatic rings. The lowest BCUT2D eigenvalue weighted by Gasteiger charge is -2.06. The second kappa shape index (κ2) is 4.86. The number of hydrogen-bond donors (Lipinski definition) is 1. The molecule has 0 saturated heterocycles. The first kappa shape index (κ1) is 11.6. The highest BCUT2D eigenvalue weighted by molar-refractivity contribution is 9.10. The highest BCUT2D eigenvalue weighted by atomic mass is 79.9. The van der Waals surface area contributed by atoms with Gasteiger partial charge >= 0.3 is 0 Å². The Kier molecular flexibility index (Phi) is 4.03. The number of alkyl halides is 1. The minimum Gasteiger partial charge on any atom is -0.388 e. The molecule has 6 heteroatoms. The molecule has 1 unspecified atom stereocenters. The maximum Gasteiger partial charge on any atom is 0.283 e. The number of halogens is 2. The van der Waals surface area contributed by atoms with E-state index in [1.807, 2.05) is 0 Å². The Morgan fingerprint density at radius 1 is 1.57 bits per heavy atom. The maximum absolute atomic E-state index is 10.6. The zero-order valence-electron chi connectivity index (χ0n) is 6.98. The van der Waals surface area contributed by atoms with Gasteiger partial charge in [0.15, 0.2) is 0 Å². The van der Waals surface area contributed by atoms with E-state index >= 15 is 0 Å². The lowest BCUT2D eigenvalue weighted by molar-refractivity contribution is -0.385. The average Bonchev–Trinajstić information content (AvgIpc) is 2.17. The summed E-state index contributed by atoms with van der Waals surface area (Å²) < 4.78 is 0.410. The van der Waals surface area contributed by atoms with Crippen molar-refractivity contribution >= 4 is 37.5 Å². The Hall–Kier alpha value is -0.460. The molecule has 0 radical (unpaired) electrons. The van der Waals surface area contributed by atoms with E-state index in [0.717, 1.165) is 0 Å². The molecule has 1 atom stereocenters. The van der Waals surface area contributed by atoms with Crippen molar-refractivity contribution in [1.82, 2.24) is 0 Å². The molecule has 0 aliphatic rings. The molecule has 1 N–H and O–H groups in total. The topological polar surface area (TPSA) is 63.4 Å². The number of nitro benzene ring substituents is 1. The van der Waals surface area contributed by atoms with Crippen LogP contribution in [0, 0.1) is 10.1 Å². The van der Waals surface area contributed by atoms with Crippen molar-refractivity contribution in [1.29, 1.82) is 0 Å². The van der Waals surface area contributed by atoms with E-state index in [1.165, 1.54) is 6.07 Å². The summed E-state index contributed by atoms with van der Waals surface area (Å²) in [6.45, 7) is 0. The molecule has 0 aliphatic heterocycles. The third-order valence-corrected chi connectivity index (χ3v) is 2.98. The standard InChI is InChI=1S/C8H7Br2NO3/c9-4-8(12)5-1-2-6(10)7(3-5)11(13)14/h1-3,8,12H,4H2. The third kappa shape index (κ3) is 2.52.